The van der Waals surface area contributed by atoms with Crippen LogP contribution in [0.4, 0.5) is 0 Å². The summed E-state index contributed by atoms with van der Waals surface area (Å²) in [5.41, 5.74) is 1.15. The number of ether oxygens (including phenoxy) is 1. The molecule has 1 fully saturated rings. The molecule has 1 saturated heterocycles. The molecule has 0 saturated carbocycles. The lowest BCUT2D eigenvalue weighted by molar-refractivity contribution is -0.132. The van der Waals surface area contributed by atoms with E-state index in [-0.39, 0.29) is 35.3 Å². The van der Waals surface area contributed by atoms with Crippen molar-refractivity contribution in [3.05, 3.63) is 59.1 Å². The van der Waals surface area contributed by atoms with Crippen LogP contribution >= 0.6 is 11.6 Å². The maximum Gasteiger partial charge on any atom is 0.244 e. The number of hydrogen-bond donors (Lipinski definition) is 0. The Balaban J connectivity index is 1.50. The number of rotatable bonds is 6. The molecular weight excluding hydrogens is 400 g/mol. The minimum atomic E-state index is -3.66. The number of benzene rings is 2. The molecule has 0 N–H and O–H groups in total. The third kappa shape index (κ3) is 4.84. The van der Waals surface area contributed by atoms with Crippen molar-refractivity contribution in [2.75, 3.05) is 32.8 Å². The fraction of sp³-hybridized carbons (Fsp3) is 0.350. The third-order valence-corrected chi connectivity index (χ3v) is 7.05. The normalized spacial score (nSPS) is 15.4. The summed E-state index contributed by atoms with van der Waals surface area (Å²) in [6.07, 6.45) is 0.255. The Morgan fingerprint density at radius 2 is 1.68 bits per heavy atom. The van der Waals surface area contributed by atoms with Crippen molar-refractivity contribution in [2.24, 2.45) is 0 Å². The summed E-state index contributed by atoms with van der Waals surface area (Å²) in [6, 6.07) is 14.0. The van der Waals surface area contributed by atoms with Gasteiger partial charge in [0.25, 0.3) is 0 Å². The number of carbonyl (C=O) groups excluding carboxylic acids is 1. The van der Waals surface area contributed by atoms with Gasteiger partial charge in [0, 0.05) is 26.2 Å². The minimum Gasteiger partial charge on any atom is -0.493 e. The van der Waals surface area contributed by atoms with Crippen LogP contribution in [0.3, 0.4) is 0 Å². The van der Waals surface area contributed by atoms with Crippen molar-refractivity contribution in [2.45, 2.75) is 18.2 Å². The van der Waals surface area contributed by atoms with E-state index in [9.17, 15) is 13.2 Å². The standard InChI is InChI=1S/C20H23ClN2O4S/c1-16-6-8-17(9-7-16)27-15-10-20(24)22-11-13-23(14-12-22)28(25,26)19-5-3-2-4-18(19)21/h2-9H,10-15H2,1H3. The van der Waals surface area contributed by atoms with Crippen molar-refractivity contribution in [3.63, 3.8) is 0 Å². The second kappa shape index (κ2) is 8.94. The van der Waals surface area contributed by atoms with Crippen LogP contribution in [-0.2, 0) is 14.8 Å². The largest absolute Gasteiger partial charge is 0.493 e. The van der Waals surface area contributed by atoms with E-state index in [0.29, 0.717) is 19.7 Å². The first-order valence-electron chi connectivity index (χ1n) is 9.10. The zero-order valence-electron chi connectivity index (χ0n) is 15.7. The van der Waals surface area contributed by atoms with Crippen molar-refractivity contribution in [3.8, 4) is 5.75 Å². The summed E-state index contributed by atoms with van der Waals surface area (Å²) in [5.74, 6) is 0.691. The Hall–Kier alpha value is -2.09. The van der Waals surface area contributed by atoms with Gasteiger partial charge < -0.3 is 9.64 Å². The van der Waals surface area contributed by atoms with Crippen molar-refractivity contribution in [1.29, 1.82) is 0 Å². The molecular formula is C20H23ClN2O4S. The highest BCUT2D eigenvalue weighted by Gasteiger charge is 2.31. The molecule has 0 spiro atoms. The first kappa shape index (κ1) is 20.6. The summed E-state index contributed by atoms with van der Waals surface area (Å²) in [5, 5.41) is 0.203. The van der Waals surface area contributed by atoms with E-state index in [1.165, 1.54) is 10.4 Å². The maximum absolute atomic E-state index is 12.8. The second-order valence-corrected chi connectivity index (χ2v) is 8.94. The van der Waals surface area contributed by atoms with Crippen LogP contribution in [-0.4, -0.2) is 56.3 Å². The molecule has 8 heteroatoms. The molecule has 2 aromatic carbocycles. The van der Waals surface area contributed by atoms with E-state index in [0.717, 1.165) is 11.3 Å². The summed E-state index contributed by atoms with van der Waals surface area (Å²) >= 11 is 6.04. The van der Waals surface area contributed by atoms with Gasteiger partial charge in [0.15, 0.2) is 0 Å². The van der Waals surface area contributed by atoms with E-state index >= 15 is 0 Å². The number of carbonyl (C=O) groups is 1. The van der Waals surface area contributed by atoms with Gasteiger partial charge in [-0.2, -0.15) is 4.31 Å². The molecule has 3 rings (SSSR count). The zero-order chi connectivity index (χ0) is 20.1. The average Bonchev–Trinajstić information content (AvgIpc) is 2.69. The summed E-state index contributed by atoms with van der Waals surface area (Å²) < 4.78 is 32.5. The van der Waals surface area contributed by atoms with Crippen molar-refractivity contribution >= 4 is 27.5 Å². The Labute approximate surface area is 170 Å². The molecule has 0 aliphatic carbocycles. The molecule has 1 heterocycles. The predicted molar refractivity (Wildman–Crippen MR) is 108 cm³/mol. The van der Waals surface area contributed by atoms with Gasteiger partial charge >= 0.3 is 0 Å². The Kier molecular flexibility index (Phi) is 6.59. The van der Waals surface area contributed by atoms with Crippen LogP contribution in [0.2, 0.25) is 5.02 Å². The minimum absolute atomic E-state index is 0.0399. The smallest absolute Gasteiger partial charge is 0.244 e. The molecule has 0 aromatic heterocycles. The number of hydrogen-bond acceptors (Lipinski definition) is 4. The Bertz CT molecular complexity index is 923. The van der Waals surface area contributed by atoms with Crippen molar-refractivity contribution < 1.29 is 17.9 Å². The van der Waals surface area contributed by atoms with E-state index in [2.05, 4.69) is 0 Å². The number of nitrogens with zero attached hydrogens (tertiary/aromatic N) is 2. The number of piperazine rings is 1. The average molecular weight is 423 g/mol. The highest BCUT2D eigenvalue weighted by molar-refractivity contribution is 7.89. The SMILES string of the molecule is Cc1ccc(OCCC(=O)N2CCN(S(=O)(=O)c3ccccc3Cl)CC2)cc1. The quantitative estimate of drug-likeness (QED) is 0.717. The monoisotopic (exact) mass is 422 g/mol. The molecule has 1 aliphatic heterocycles. The van der Waals surface area contributed by atoms with Gasteiger partial charge in [-0.3, -0.25) is 4.79 Å². The van der Waals surface area contributed by atoms with E-state index in [4.69, 9.17) is 16.3 Å². The van der Waals surface area contributed by atoms with Gasteiger partial charge in [-0.25, -0.2) is 8.42 Å². The lowest BCUT2D eigenvalue weighted by Gasteiger charge is -2.34. The molecule has 150 valence electrons. The topological polar surface area (TPSA) is 66.9 Å². The van der Waals surface area contributed by atoms with Gasteiger partial charge in [0.1, 0.15) is 10.6 Å². The summed E-state index contributed by atoms with van der Waals surface area (Å²) in [4.78, 5) is 14.2. The molecule has 6 nitrogen and oxygen atoms in total. The highest BCUT2D eigenvalue weighted by Crippen LogP contribution is 2.25. The van der Waals surface area contributed by atoms with Crippen LogP contribution in [0, 0.1) is 6.92 Å². The Morgan fingerprint density at radius 3 is 2.32 bits per heavy atom. The van der Waals surface area contributed by atoms with Crippen molar-refractivity contribution in [1.82, 2.24) is 9.21 Å². The fourth-order valence-corrected chi connectivity index (χ4v) is 4.94. The number of halogens is 1. The molecule has 1 aliphatic rings. The number of sulfonamides is 1. The molecule has 0 unspecified atom stereocenters. The highest BCUT2D eigenvalue weighted by atomic mass is 35.5. The first-order chi connectivity index (χ1) is 13.4. The van der Waals surface area contributed by atoms with Crippen LogP contribution in [0.25, 0.3) is 0 Å². The molecule has 1 amide bonds. The fourth-order valence-electron chi connectivity index (χ4n) is 3.02. The number of aryl methyl sites for hydroxylation is 1. The molecule has 28 heavy (non-hydrogen) atoms. The second-order valence-electron chi connectivity index (χ2n) is 6.63. The third-order valence-electron chi connectivity index (χ3n) is 4.65. The summed E-state index contributed by atoms with van der Waals surface area (Å²) in [6.45, 7) is 3.50. The van der Waals surface area contributed by atoms with Gasteiger partial charge in [-0.15, -0.1) is 0 Å². The Morgan fingerprint density at radius 1 is 1.04 bits per heavy atom. The lowest BCUT2D eigenvalue weighted by Crippen LogP contribution is -2.50. The first-order valence-corrected chi connectivity index (χ1v) is 10.9. The lowest BCUT2D eigenvalue weighted by atomic mass is 10.2. The predicted octanol–water partition coefficient (Wildman–Crippen LogP) is 2.95. The number of amides is 1. The van der Waals surface area contributed by atoms with Crippen LogP contribution in [0.1, 0.15) is 12.0 Å². The van der Waals surface area contributed by atoms with Gasteiger partial charge in [0.2, 0.25) is 15.9 Å². The molecule has 0 bridgehead atoms. The van der Waals surface area contributed by atoms with E-state index in [1.54, 1.807) is 23.1 Å². The van der Waals surface area contributed by atoms with E-state index < -0.39 is 10.0 Å². The molecule has 0 radical (unpaired) electrons. The molecule has 2 aromatic rings. The van der Waals surface area contributed by atoms with Crippen LogP contribution in [0.15, 0.2) is 53.4 Å². The molecule has 0 atom stereocenters. The van der Waals surface area contributed by atoms with Gasteiger partial charge in [-0.05, 0) is 31.2 Å². The maximum atomic E-state index is 12.8. The zero-order valence-corrected chi connectivity index (χ0v) is 17.2. The summed E-state index contributed by atoms with van der Waals surface area (Å²) in [7, 11) is -3.66. The van der Waals surface area contributed by atoms with Crippen LogP contribution < -0.4 is 4.74 Å². The van der Waals surface area contributed by atoms with E-state index in [1.807, 2.05) is 31.2 Å². The van der Waals surface area contributed by atoms with Gasteiger partial charge in [-0.1, -0.05) is 41.4 Å². The van der Waals surface area contributed by atoms with Crippen LogP contribution in [0.5, 0.6) is 5.75 Å². The van der Waals surface area contributed by atoms with Gasteiger partial charge in [0.05, 0.1) is 18.1 Å².